The summed E-state index contributed by atoms with van der Waals surface area (Å²) in [6.45, 7) is 1.78. The van der Waals surface area contributed by atoms with Crippen molar-refractivity contribution in [3.05, 3.63) is 47.7 Å². The maximum atomic E-state index is 10.8. The molecule has 0 fully saturated rings. The second-order valence-electron chi connectivity index (χ2n) is 4.18. The van der Waals surface area contributed by atoms with Gasteiger partial charge in [0.25, 0.3) is 0 Å². The van der Waals surface area contributed by atoms with E-state index < -0.39 is 5.97 Å². The fourth-order valence-electron chi connectivity index (χ4n) is 1.66. The molecule has 1 aromatic carbocycles. The number of carbonyl (C=O) groups is 2. The Morgan fingerprint density at radius 2 is 1.85 bits per heavy atom. The molecule has 1 amide bonds. The van der Waals surface area contributed by atoms with Crippen molar-refractivity contribution >= 4 is 11.9 Å². The van der Waals surface area contributed by atoms with Gasteiger partial charge in [-0.2, -0.15) is 0 Å². The number of hydrogen-bond donors (Lipinski definition) is 3. The molecule has 1 heterocycles. The number of hydrogen-bond acceptors (Lipinski definition) is 4. The summed E-state index contributed by atoms with van der Waals surface area (Å²) >= 11 is 0. The highest BCUT2D eigenvalue weighted by molar-refractivity contribution is 5.88. The zero-order valence-corrected chi connectivity index (χ0v) is 10.8. The van der Waals surface area contributed by atoms with Gasteiger partial charge in [-0.25, -0.2) is 10.2 Å². The minimum absolute atomic E-state index is 0.180. The molecule has 104 valence electrons. The Kier molecular flexibility index (Phi) is 4.17. The van der Waals surface area contributed by atoms with Gasteiger partial charge in [-0.3, -0.25) is 10.2 Å². The Bertz CT molecular complexity index is 616. The molecule has 0 radical (unpaired) electrons. The van der Waals surface area contributed by atoms with Gasteiger partial charge in [0.15, 0.2) is 0 Å². The van der Waals surface area contributed by atoms with Crippen LogP contribution in [0.3, 0.4) is 0 Å². The molecule has 2 aromatic rings. The SMILES string of the molecule is CC(=O)NNCc1ccc(-c2ccc(C(=O)O)cc2)o1. The first-order chi connectivity index (χ1) is 9.56. The van der Waals surface area contributed by atoms with Crippen molar-refractivity contribution in [1.29, 1.82) is 0 Å². The Morgan fingerprint density at radius 1 is 1.15 bits per heavy atom. The van der Waals surface area contributed by atoms with Crippen molar-refractivity contribution < 1.29 is 19.1 Å². The van der Waals surface area contributed by atoms with Crippen molar-refractivity contribution in [1.82, 2.24) is 10.9 Å². The van der Waals surface area contributed by atoms with Crippen molar-refractivity contribution in [2.24, 2.45) is 0 Å². The van der Waals surface area contributed by atoms with E-state index in [1.165, 1.54) is 19.1 Å². The molecule has 0 aliphatic rings. The third kappa shape index (κ3) is 3.46. The van der Waals surface area contributed by atoms with Gasteiger partial charge >= 0.3 is 5.97 Å². The molecule has 1 aromatic heterocycles. The molecular weight excluding hydrogens is 260 g/mol. The minimum Gasteiger partial charge on any atom is -0.478 e. The number of benzene rings is 1. The van der Waals surface area contributed by atoms with Gasteiger partial charge in [0, 0.05) is 12.5 Å². The van der Waals surface area contributed by atoms with Crippen LogP contribution in [-0.4, -0.2) is 17.0 Å². The summed E-state index contributed by atoms with van der Waals surface area (Å²) in [4.78, 5) is 21.5. The molecule has 0 spiro atoms. The van der Waals surface area contributed by atoms with Gasteiger partial charge in [0.05, 0.1) is 12.1 Å². The van der Waals surface area contributed by atoms with Gasteiger partial charge in [-0.1, -0.05) is 12.1 Å². The van der Waals surface area contributed by atoms with E-state index in [4.69, 9.17) is 9.52 Å². The lowest BCUT2D eigenvalue weighted by atomic mass is 10.1. The van der Waals surface area contributed by atoms with Crippen LogP contribution in [0.15, 0.2) is 40.8 Å². The molecule has 0 saturated carbocycles. The van der Waals surface area contributed by atoms with Gasteiger partial charge in [-0.05, 0) is 24.3 Å². The van der Waals surface area contributed by atoms with Crippen molar-refractivity contribution in [2.75, 3.05) is 0 Å². The highest BCUT2D eigenvalue weighted by Crippen LogP contribution is 2.22. The summed E-state index contributed by atoms with van der Waals surface area (Å²) in [6, 6.07) is 10.0. The van der Waals surface area contributed by atoms with Crippen LogP contribution in [0.5, 0.6) is 0 Å². The highest BCUT2D eigenvalue weighted by Gasteiger charge is 2.07. The Labute approximate surface area is 115 Å². The first-order valence-electron chi connectivity index (χ1n) is 5.98. The normalized spacial score (nSPS) is 10.2. The van der Waals surface area contributed by atoms with Crippen LogP contribution >= 0.6 is 0 Å². The van der Waals surface area contributed by atoms with Crippen LogP contribution in [0.1, 0.15) is 23.0 Å². The lowest BCUT2D eigenvalue weighted by Gasteiger charge is -2.02. The summed E-state index contributed by atoms with van der Waals surface area (Å²) in [5.41, 5.74) is 6.19. The average molecular weight is 274 g/mol. The number of carboxylic acids is 1. The van der Waals surface area contributed by atoms with E-state index in [2.05, 4.69) is 10.9 Å². The van der Waals surface area contributed by atoms with E-state index in [-0.39, 0.29) is 11.5 Å². The largest absolute Gasteiger partial charge is 0.478 e. The van der Waals surface area contributed by atoms with Gasteiger partial charge in [0.1, 0.15) is 11.5 Å². The van der Waals surface area contributed by atoms with E-state index in [9.17, 15) is 9.59 Å². The second-order valence-corrected chi connectivity index (χ2v) is 4.18. The van der Waals surface area contributed by atoms with Crippen LogP contribution in [0.2, 0.25) is 0 Å². The lowest BCUT2D eigenvalue weighted by molar-refractivity contribution is -0.120. The monoisotopic (exact) mass is 274 g/mol. The fourth-order valence-corrected chi connectivity index (χ4v) is 1.66. The summed E-state index contributed by atoms with van der Waals surface area (Å²) in [5.74, 6) is 0.162. The van der Waals surface area contributed by atoms with Gasteiger partial charge in [-0.15, -0.1) is 0 Å². The maximum Gasteiger partial charge on any atom is 0.335 e. The zero-order valence-electron chi connectivity index (χ0n) is 10.8. The Morgan fingerprint density at radius 3 is 2.45 bits per heavy atom. The number of amides is 1. The third-order valence-electron chi connectivity index (χ3n) is 2.61. The molecule has 0 unspecified atom stereocenters. The van der Waals surface area contributed by atoms with E-state index in [0.717, 1.165) is 5.56 Å². The maximum absolute atomic E-state index is 10.8. The molecule has 6 heteroatoms. The van der Waals surface area contributed by atoms with Crippen molar-refractivity contribution in [2.45, 2.75) is 13.5 Å². The molecule has 0 aliphatic carbocycles. The number of hydrazine groups is 1. The topological polar surface area (TPSA) is 91.6 Å². The van der Waals surface area contributed by atoms with E-state index >= 15 is 0 Å². The van der Waals surface area contributed by atoms with Crippen LogP contribution in [0, 0.1) is 0 Å². The van der Waals surface area contributed by atoms with E-state index in [1.54, 1.807) is 24.3 Å². The fraction of sp³-hybridized carbons (Fsp3) is 0.143. The van der Waals surface area contributed by atoms with Crippen LogP contribution in [0.25, 0.3) is 11.3 Å². The average Bonchev–Trinajstić information content (AvgIpc) is 2.87. The zero-order chi connectivity index (χ0) is 14.5. The summed E-state index contributed by atoms with van der Waals surface area (Å²) in [5, 5.41) is 8.83. The van der Waals surface area contributed by atoms with E-state index in [0.29, 0.717) is 18.1 Å². The standard InChI is InChI=1S/C14H14N2O4/c1-9(17)16-15-8-12-6-7-13(20-12)10-2-4-11(5-3-10)14(18)19/h2-7,15H,8H2,1H3,(H,16,17)(H,18,19). The molecule has 0 aliphatic heterocycles. The lowest BCUT2D eigenvalue weighted by Crippen LogP contribution is -2.34. The number of carboxylic acid groups (broad SMARTS) is 1. The van der Waals surface area contributed by atoms with Gasteiger partial charge < -0.3 is 9.52 Å². The first-order valence-corrected chi connectivity index (χ1v) is 5.98. The number of furan rings is 1. The van der Waals surface area contributed by atoms with Crippen molar-refractivity contribution in [3.63, 3.8) is 0 Å². The molecule has 0 atom stereocenters. The first kappa shape index (κ1) is 13.8. The molecule has 0 bridgehead atoms. The van der Waals surface area contributed by atoms with Crippen LogP contribution in [-0.2, 0) is 11.3 Å². The second kappa shape index (κ2) is 6.03. The van der Waals surface area contributed by atoms with Crippen molar-refractivity contribution in [3.8, 4) is 11.3 Å². The minimum atomic E-state index is -0.962. The molecule has 20 heavy (non-hydrogen) atoms. The highest BCUT2D eigenvalue weighted by atomic mass is 16.4. The van der Waals surface area contributed by atoms with E-state index in [1.807, 2.05) is 0 Å². The molecule has 6 nitrogen and oxygen atoms in total. The summed E-state index contributed by atoms with van der Waals surface area (Å²) < 4.78 is 5.59. The number of carbonyl (C=O) groups excluding carboxylic acids is 1. The summed E-state index contributed by atoms with van der Waals surface area (Å²) in [7, 11) is 0. The molecular formula is C14H14N2O4. The molecule has 2 rings (SSSR count). The summed E-state index contributed by atoms with van der Waals surface area (Å²) in [6.07, 6.45) is 0. The molecule has 3 N–H and O–H groups in total. The van der Waals surface area contributed by atoms with Gasteiger partial charge in [0.2, 0.25) is 5.91 Å². The predicted molar refractivity (Wildman–Crippen MR) is 71.8 cm³/mol. The smallest absolute Gasteiger partial charge is 0.335 e. The van der Waals surface area contributed by atoms with Crippen LogP contribution in [0.4, 0.5) is 0 Å². The third-order valence-corrected chi connectivity index (χ3v) is 2.61. The molecule has 0 saturated heterocycles. The quantitative estimate of drug-likeness (QED) is 0.723. The Hall–Kier alpha value is -2.60. The number of nitrogens with one attached hydrogen (secondary N) is 2. The Balaban J connectivity index is 2.04. The predicted octanol–water partition coefficient (Wildman–Crippen LogP) is 1.79. The van der Waals surface area contributed by atoms with Crippen LogP contribution < -0.4 is 10.9 Å². The number of rotatable bonds is 5. The number of aromatic carboxylic acids is 1.